The Kier molecular flexibility index (Phi) is 7.92. The predicted octanol–water partition coefficient (Wildman–Crippen LogP) is 5.49. The summed E-state index contributed by atoms with van der Waals surface area (Å²) in [7, 11) is -1.70. The van der Waals surface area contributed by atoms with Crippen LogP contribution in [0.4, 0.5) is 26.3 Å². The third kappa shape index (κ3) is 6.51. The van der Waals surface area contributed by atoms with Gasteiger partial charge in [0.2, 0.25) is 0 Å². The fourth-order valence-electron chi connectivity index (χ4n) is 2.33. The second kappa shape index (κ2) is 9.25. The van der Waals surface area contributed by atoms with Crippen LogP contribution in [0.3, 0.4) is 0 Å². The van der Waals surface area contributed by atoms with E-state index >= 15 is 0 Å². The predicted molar refractivity (Wildman–Crippen MR) is 86.6 cm³/mol. The Hall–Kier alpha value is -1.77. The van der Waals surface area contributed by atoms with Gasteiger partial charge in [-0.3, -0.25) is 0 Å². The van der Waals surface area contributed by atoms with Crippen molar-refractivity contribution in [2.75, 3.05) is 0 Å². The number of carboxylic acids is 1. The number of halogens is 6. The number of carbonyl (C=O) groups excluding carboxylic acids is 1. The topological polar surface area (TPSA) is 40.1 Å². The first-order valence-electron chi connectivity index (χ1n) is 7.87. The molecule has 0 N–H and O–H groups in total. The standard InChI is InChI=1S/C15H18F3S.C2HF3O2/c1-2-3-4-5-9-13-11-12-8-6-7-10-14(12)19(13)15(16,17)18;3-2(4,5)1(6)7/h6-8,10-11H,2-5,9H2,1H3;(H,6,7)/q+1;/p-1. The number of unbranched alkanes of at least 4 members (excludes halogenated alkanes) is 3. The third-order valence-electron chi connectivity index (χ3n) is 3.46. The van der Waals surface area contributed by atoms with Gasteiger partial charge >= 0.3 is 11.7 Å². The van der Waals surface area contributed by atoms with Gasteiger partial charge in [0.05, 0.1) is 10.5 Å². The second-order valence-corrected chi connectivity index (χ2v) is 7.54. The van der Waals surface area contributed by atoms with Crippen LogP contribution < -0.4 is 5.11 Å². The molecule has 0 saturated carbocycles. The van der Waals surface area contributed by atoms with E-state index in [0.717, 1.165) is 31.1 Å². The molecular formula is C17H18F6O2S. The minimum absolute atomic E-state index is 0.445. The molecular weight excluding hydrogens is 382 g/mol. The van der Waals surface area contributed by atoms with Crippen LogP contribution in [0.25, 0.3) is 10.1 Å². The van der Waals surface area contributed by atoms with Crippen LogP contribution >= 0.6 is 10.5 Å². The number of fused-ring (bicyclic) bond motifs is 1. The summed E-state index contributed by atoms with van der Waals surface area (Å²) in [6.45, 7) is 2.10. The van der Waals surface area contributed by atoms with E-state index in [2.05, 4.69) is 6.92 Å². The zero-order valence-electron chi connectivity index (χ0n) is 13.9. The van der Waals surface area contributed by atoms with Gasteiger partial charge in [0.25, 0.3) is 0 Å². The minimum Gasteiger partial charge on any atom is -0.542 e. The SMILES string of the molecule is CCCCCCc1cc2ccccc2[s+]1C(F)(F)F.O=C([O-])C(F)(F)F. The Morgan fingerprint density at radius 2 is 1.62 bits per heavy atom. The number of carbonyl (C=O) groups is 1. The van der Waals surface area contributed by atoms with Gasteiger partial charge in [-0.15, -0.1) is 13.2 Å². The zero-order valence-corrected chi connectivity index (χ0v) is 14.7. The molecule has 0 aliphatic rings. The molecule has 1 aromatic heterocycles. The Balaban J connectivity index is 0.000000412. The Labute approximate surface area is 149 Å². The van der Waals surface area contributed by atoms with E-state index in [9.17, 15) is 26.3 Å². The summed E-state index contributed by atoms with van der Waals surface area (Å²) >= 11 is 0. The van der Waals surface area contributed by atoms with Crippen LogP contribution in [-0.2, 0) is 16.7 Å². The summed E-state index contributed by atoms with van der Waals surface area (Å²) < 4.78 is 71.7. The van der Waals surface area contributed by atoms with Crippen LogP contribution in [0.1, 0.15) is 37.5 Å². The molecule has 1 atom stereocenters. The van der Waals surface area contributed by atoms with E-state index in [0.29, 0.717) is 16.0 Å². The number of benzene rings is 1. The third-order valence-corrected chi connectivity index (χ3v) is 5.58. The second-order valence-electron chi connectivity index (χ2n) is 5.50. The highest BCUT2D eigenvalue weighted by molar-refractivity contribution is 7.38. The Morgan fingerprint density at radius 1 is 1.04 bits per heavy atom. The Morgan fingerprint density at radius 3 is 2.12 bits per heavy atom. The molecule has 0 radical (unpaired) electrons. The average molecular weight is 400 g/mol. The summed E-state index contributed by atoms with van der Waals surface area (Å²) in [5.74, 6) is -3.01. The molecule has 0 aliphatic heterocycles. The number of aliphatic carboxylic acids is 1. The maximum Gasteiger partial charge on any atom is 0.600 e. The molecule has 0 amide bonds. The number of hydrogen-bond donors (Lipinski definition) is 0. The minimum atomic E-state index is -5.19. The molecule has 0 saturated heterocycles. The number of rotatable bonds is 5. The molecule has 2 aromatic rings. The summed E-state index contributed by atoms with van der Waals surface area (Å²) in [6, 6.07) is 8.63. The molecule has 0 bridgehead atoms. The van der Waals surface area contributed by atoms with Crippen molar-refractivity contribution in [3.63, 3.8) is 0 Å². The van der Waals surface area contributed by atoms with E-state index in [1.807, 2.05) is 0 Å². The Bertz CT molecular complexity index is 718. The normalized spacial score (nSPS) is 12.7. The highest BCUT2D eigenvalue weighted by Crippen LogP contribution is 2.51. The molecule has 146 valence electrons. The van der Waals surface area contributed by atoms with Crippen molar-refractivity contribution >= 4 is 26.5 Å². The van der Waals surface area contributed by atoms with E-state index in [4.69, 9.17) is 9.90 Å². The van der Waals surface area contributed by atoms with Crippen LogP contribution in [-0.4, -0.2) is 12.1 Å². The summed E-state index contributed by atoms with van der Waals surface area (Å²) in [5, 5.41) is 9.53. The van der Waals surface area contributed by atoms with Gasteiger partial charge in [0, 0.05) is 17.9 Å². The summed E-state index contributed by atoms with van der Waals surface area (Å²) in [5.41, 5.74) is -4.15. The first kappa shape index (κ1) is 22.3. The number of carboxylic acid groups (broad SMARTS) is 1. The molecule has 2 nitrogen and oxygen atoms in total. The van der Waals surface area contributed by atoms with E-state index in [1.165, 1.54) is 0 Å². The van der Waals surface area contributed by atoms with Crippen molar-refractivity contribution in [3.8, 4) is 0 Å². The fraction of sp³-hybridized carbons (Fsp3) is 0.471. The van der Waals surface area contributed by atoms with Crippen molar-refractivity contribution in [2.45, 2.75) is 50.7 Å². The van der Waals surface area contributed by atoms with Gasteiger partial charge in [-0.2, -0.15) is 13.2 Å². The quantitative estimate of drug-likeness (QED) is 0.378. The monoisotopic (exact) mass is 400 g/mol. The first-order valence-corrected chi connectivity index (χ1v) is 9.09. The lowest BCUT2D eigenvalue weighted by Gasteiger charge is -2.03. The van der Waals surface area contributed by atoms with E-state index < -0.39 is 28.1 Å². The number of aryl methyl sites for hydroxylation is 1. The smallest absolute Gasteiger partial charge is 0.542 e. The number of alkyl halides is 6. The van der Waals surface area contributed by atoms with E-state index in [1.54, 1.807) is 30.3 Å². The largest absolute Gasteiger partial charge is 0.600 e. The molecule has 9 heteroatoms. The van der Waals surface area contributed by atoms with Crippen molar-refractivity contribution in [1.82, 2.24) is 0 Å². The lowest BCUT2D eigenvalue weighted by Crippen LogP contribution is -2.37. The van der Waals surface area contributed by atoms with Gasteiger partial charge in [-0.25, -0.2) is 0 Å². The molecule has 1 heterocycles. The molecule has 0 fully saturated rings. The fourth-order valence-corrected chi connectivity index (χ4v) is 4.33. The maximum absolute atomic E-state index is 13.2. The highest BCUT2D eigenvalue weighted by atomic mass is 32.2. The summed E-state index contributed by atoms with van der Waals surface area (Å²) in [4.78, 5) is 9.34. The molecule has 2 rings (SSSR count). The molecule has 0 spiro atoms. The maximum atomic E-state index is 13.2. The van der Waals surface area contributed by atoms with Crippen LogP contribution in [0.2, 0.25) is 0 Å². The van der Waals surface area contributed by atoms with Crippen molar-refractivity contribution < 1.29 is 36.2 Å². The zero-order chi connectivity index (χ0) is 20.0. The molecule has 1 unspecified atom stereocenters. The van der Waals surface area contributed by atoms with Gasteiger partial charge < -0.3 is 9.90 Å². The molecule has 1 aromatic carbocycles. The van der Waals surface area contributed by atoms with Gasteiger partial charge in [-0.1, -0.05) is 38.3 Å². The van der Waals surface area contributed by atoms with Gasteiger partial charge in [0.1, 0.15) is 5.97 Å². The van der Waals surface area contributed by atoms with Crippen molar-refractivity contribution in [2.24, 2.45) is 0 Å². The van der Waals surface area contributed by atoms with Crippen molar-refractivity contribution in [3.05, 3.63) is 35.2 Å². The summed E-state index contributed by atoms with van der Waals surface area (Å²) in [6.07, 6.45) is -0.561. The average Bonchev–Trinajstić information content (AvgIpc) is 2.89. The van der Waals surface area contributed by atoms with Crippen LogP contribution in [0.5, 0.6) is 0 Å². The van der Waals surface area contributed by atoms with Crippen LogP contribution in [0.15, 0.2) is 30.3 Å². The van der Waals surface area contributed by atoms with Gasteiger partial charge in [-0.05, 0) is 18.6 Å². The molecule has 0 aliphatic carbocycles. The highest BCUT2D eigenvalue weighted by Gasteiger charge is 2.47. The molecule has 26 heavy (non-hydrogen) atoms. The van der Waals surface area contributed by atoms with Crippen molar-refractivity contribution in [1.29, 1.82) is 0 Å². The van der Waals surface area contributed by atoms with Crippen LogP contribution in [0, 0.1) is 0 Å². The lowest BCUT2D eigenvalue weighted by atomic mass is 10.1. The van der Waals surface area contributed by atoms with Gasteiger partial charge in [0.15, 0.2) is 9.58 Å². The first-order chi connectivity index (χ1) is 12.0. The number of hydrogen-bond acceptors (Lipinski definition) is 2. The van der Waals surface area contributed by atoms with E-state index in [-0.39, 0.29) is 0 Å². The lowest BCUT2D eigenvalue weighted by molar-refractivity contribution is -0.344. The number of thiophene rings is 1.